The largest absolute Gasteiger partial charge is 0.398 e. The third-order valence-corrected chi connectivity index (χ3v) is 3.70. The highest BCUT2D eigenvalue weighted by Gasteiger charge is 2.20. The molecule has 82 valence electrons. The molecule has 15 heavy (non-hydrogen) atoms. The maximum atomic E-state index is 9.93. The Morgan fingerprint density at radius 1 is 1.47 bits per heavy atom. The van der Waals surface area contributed by atoms with Gasteiger partial charge in [-0.25, -0.2) is 0 Å². The van der Waals surface area contributed by atoms with Gasteiger partial charge >= 0.3 is 0 Å². The number of aliphatic hydroxyl groups excluding tert-OH is 1. The van der Waals surface area contributed by atoms with Gasteiger partial charge in [0, 0.05) is 17.0 Å². The number of ether oxygens (including phenoxy) is 1. The van der Waals surface area contributed by atoms with Crippen molar-refractivity contribution in [3.8, 4) is 0 Å². The number of hydrogen-bond acceptors (Lipinski definition) is 4. The number of benzene rings is 1. The molecule has 1 heterocycles. The van der Waals surface area contributed by atoms with Crippen LogP contribution in [0, 0.1) is 0 Å². The molecule has 1 saturated heterocycles. The van der Waals surface area contributed by atoms with Crippen LogP contribution in [0.4, 0.5) is 5.69 Å². The maximum absolute atomic E-state index is 9.93. The van der Waals surface area contributed by atoms with Gasteiger partial charge in [-0.15, -0.1) is 0 Å². The minimum atomic E-state index is -0.475. The molecule has 1 aliphatic rings. The Morgan fingerprint density at radius 2 is 2.20 bits per heavy atom. The number of aliphatic hydroxyl groups is 1. The highest BCUT2D eigenvalue weighted by molar-refractivity contribution is 8.00. The fourth-order valence-electron chi connectivity index (χ4n) is 1.44. The Kier molecular flexibility index (Phi) is 3.51. The molecule has 0 aromatic heterocycles. The van der Waals surface area contributed by atoms with Gasteiger partial charge in [0.1, 0.15) is 0 Å². The predicted molar refractivity (Wildman–Crippen MR) is 62.9 cm³/mol. The van der Waals surface area contributed by atoms with Crippen LogP contribution in [0.5, 0.6) is 0 Å². The first-order valence-electron chi connectivity index (χ1n) is 4.99. The average molecular weight is 225 g/mol. The summed E-state index contributed by atoms with van der Waals surface area (Å²) in [6.45, 7) is 1.61. The Labute approximate surface area is 93.6 Å². The molecule has 0 bridgehead atoms. The molecule has 1 unspecified atom stereocenters. The van der Waals surface area contributed by atoms with E-state index in [0.29, 0.717) is 16.7 Å². The Balaban J connectivity index is 1.89. The first-order valence-corrected chi connectivity index (χ1v) is 6.04. The molecule has 1 atom stereocenters. The second kappa shape index (κ2) is 4.88. The van der Waals surface area contributed by atoms with Crippen molar-refractivity contribution in [1.82, 2.24) is 0 Å². The zero-order valence-electron chi connectivity index (χ0n) is 8.43. The SMILES string of the molecule is Nc1ccccc1C(O)CSC1COC1. The molecule has 3 N–H and O–H groups in total. The van der Waals surface area contributed by atoms with Crippen molar-refractivity contribution in [2.24, 2.45) is 0 Å². The van der Waals surface area contributed by atoms with Crippen LogP contribution in [0.1, 0.15) is 11.7 Å². The fourth-order valence-corrected chi connectivity index (χ4v) is 2.46. The van der Waals surface area contributed by atoms with E-state index in [2.05, 4.69) is 0 Å². The van der Waals surface area contributed by atoms with Crippen LogP contribution in [-0.4, -0.2) is 29.3 Å². The smallest absolute Gasteiger partial charge is 0.0900 e. The van der Waals surface area contributed by atoms with Gasteiger partial charge in [-0.2, -0.15) is 11.8 Å². The molecule has 1 aromatic rings. The summed E-state index contributed by atoms with van der Waals surface area (Å²) in [5.41, 5.74) is 7.27. The number of para-hydroxylation sites is 1. The molecule has 1 fully saturated rings. The summed E-state index contributed by atoms with van der Waals surface area (Å²) in [4.78, 5) is 0. The number of hydrogen-bond donors (Lipinski definition) is 2. The van der Waals surface area contributed by atoms with E-state index in [1.54, 1.807) is 11.8 Å². The van der Waals surface area contributed by atoms with Crippen molar-refractivity contribution in [2.75, 3.05) is 24.7 Å². The summed E-state index contributed by atoms with van der Waals surface area (Å²) >= 11 is 1.74. The fraction of sp³-hybridized carbons (Fsp3) is 0.455. The summed E-state index contributed by atoms with van der Waals surface area (Å²) in [6, 6.07) is 7.46. The lowest BCUT2D eigenvalue weighted by Crippen LogP contribution is -2.31. The number of nitrogens with two attached hydrogens (primary N) is 1. The van der Waals surface area contributed by atoms with Gasteiger partial charge in [0.2, 0.25) is 0 Å². The lowest BCUT2D eigenvalue weighted by molar-refractivity contribution is 0.0452. The minimum absolute atomic E-state index is 0.475. The number of nitrogen functional groups attached to an aromatic ring is 1. The van der Waals surface area contributed by atoms with Gasteiger partial charge in [0.05, 0.1) is 24.6 Å². The van der Waals surface area contributed by atoms with Crippen LogP contribution < -0.4 is 5.73 Å². The van der Waals surface area contributed by atoms with Gasteiger partial charge in [-0.3, -0.25) is 0 Å². The van der Waals surface area contributed by atoms with E-state index in [-0.39, 0.29) is 0 Å². The molecule has 0 radical (unpaired) electrons. The first-order chi connectivity index (χ1) is 7.27. The third kappa shape index (κ3) is 2.65. The number of thioether (sulfide) groups is 1. The molecule has 4 heteroatoms. The van der Waals surface area contributed by atoms with Crippen molar-refractivity contribution in [2.45, 2.75) is 11.4 Å². The lowest BCUT2D eigenvalue weighted by Gasteiger charge is -2.26. The Hall–Kier alpha value is -0.710. The lowest BCUT2D eigenvalue weighted by atomic mass is 10.1. The molecule has 1 aliphatic heterocycles. The molecule has 2 rings (SSSR count). The van der Waals surface area contributed by atoms with E-state index in [1.165, 1.54) is 0 Å². The van der Waals surface area contributed by atoms with Crippen LogP contribution in [0.25, 0.3) is 0 Å². The second-order valence-electron chi connectivity index (χ2n) is 3.64. The summed E-state index contributed by atoms with van der Waals surface area (Å²) in [5.74, 6) is 0.683. The summed E-state index contributed by atoms with van der Waals surface area (Å²) in [5, 5.41) is 10.5. The molecular formula is C11H15NO2S. The second-order valence-corrected chi connectivity index (χ2v) is 4.97. The van der Waals surface area contributed by atoms with Gasteiger partial charge in [0.25, 0.3) is 0 Å². The maximum Gasteiger partial charge on any atom is 0.0900 e. The van der Waals surface area contributed by atoms with E-state index in [9.17, 15) is 5.11 Å². The molecule has 0 spiro atoms. The van der Waals surface area contributed by atoms with Crippen LogP contribution in [0.15, 0.2) is 24.3 Å². The monoisotopic (exact) mass is 225 g/mol. The van der Waals surface area contributed by atoms with Crippen LogP contribution in [-0.2, 0) is 4.74 Å². The molecular weight excluding hydrogens is 210 g/mol. The highest BCUT2D eigenvalue weighted by atomic mass is 32.2. The predicted octanol–water partition coefficient (Wildman–Crippen LogP) is 1.43. The Bertz CT molecular complexity index is 328. The van der Waals surface area contributed by atoms with Crippen molar-refractivity contribution in [3.63, 3.8) is 0 Å². The van der Waals surface area contributed by atoms with E-state index in [4.69, 9.17) is 10.5 Å². The Morgan fingerprint density at radius 3 is 2.80 bits per heavy atom. The number of rotatable bonds is 4. The quantitative estimate of drug-likeness (QED) is 0.761. The standard InChI is InChI=1S/C11H15NO2S/c12-10-4-2-1-3-9(10)11(13)7-15-8-5-14-6-8/h1-4,8,11,13H,5-7,12H2. The first kappa shape index (κ1) is 10.8. The molecule has 1 aromatic carbocycles. The van der Waals surface area contributed by atoms with Crippen LogP contribution >= 0.6 is 11.8 Å². The molecule has 3 nitrogen and oxygen atoms in total. The molecule has 0 saturated carbocycles. The normalized spacial score (nSPS) is 18.5. The topological polar surface area (TPSA) is 55.5 Å². The average Bonchev–Trinajstić information content (AvgIpc) is 2.16. The summed E-state index contributed by atoms with van der Waals surface area (Å²) < 4.78 is 5.07. The molecule has 0 amide bonds. The van der Waals surface area contributed by atoms with Gasteiger partial charge in [-0.05, 0) is 6.07 Å². The van der Waals surface area contributed by atoms with E-state index in [1.807, 2.05) is 24.3 Å². The van der Waals surface area contributed by atoms with Crippen molar-refractivity contribution < 1.29 is 9.84 Å². The van der Waals surface area contributed by atoms with E-state index >= 15 is 0 Å². The van der Waals surface area contributed by atoms with Crippen molar-refractivity contribution in [1.29, 1.82) is 0 Å². The zero-order chi connectivity index (χ0) is 10.7. The van der Waals surface area contributed by atoms with Crippen LogP contribution in [0.3, 0.4) is 0 Å². The van der Waals surface area contributed by atoms with Gasteiger partial charge < -0.3 is 15.6 Å². The van der Waals surface area contributed by atoms with Crippen molar-refractivity contribution >= 4 is 17.4 Å². The summed E-state index contributed by atoms with van der Waals surface area (Å²) in [6.07, 6.45) is -0.475. The highest BCUT2D eigenvalue weighted by Crippen LogP contribution is 2.27. The van der Waals surface area contributed by atoms with Gasteiger partial charge in [0.15, 0.2) is 0 Å². The van der Waals surface area contributed by atoms with E-state index < -0.39 is 6.10 Å². The molecule has 0 aliphatic carbocycles. The number of anilines is 1. The third-order valence-electron chi connectivity index (χ3n) is 2.45. The van der Waals surface area contributed by atoms with Gasteiger partial charge in [-0.1, -0.05) is 18.2 Å². The zero-order valence-corrected chi connectivity index (χ0v) is 9.24. The summed E-state index contributed by atoms with van der Waals surface area (Å²) in [7, 11) is 0. The van der Waals surface area contributed by atoms with Crippen LogP contribution in [0.2, 0.25) is 0 Å². The van der Waals surface area contributed by atoms with E-state index in [0.717, 1.165) is 18.8 Å². The minimum Gasteiger partial charge on any atom is -0.398 e. The van der Waals surface area contributed by atoms with Crippen molar-refractivity contribution in [3.05, 3.63) is 29.8 Å².